The third-order valence-electron chi connectivity index (χ3n) is 4.01. The zero-order valence-corrected chi connectivity index (χ0v) is 13.4. The maximum absolute atomic E-state index is 5.81. The molecule has 1 aliphatic rings. The molecular weight excluding hydrogens is 268 g/mol. The molecule has 0 amide bonds. The summed E-state index contributed by atoms with van der Waals surface area (Å²) in [6.07, 6.45) is 1.08. The van der Waals surface area contributed by atoms with E-state index in [1.54, 1.807) is 0 Å². The minimum Gasteiger partial charge on any atom is -0.494 e. The smallest absolute Gasteiger partial charge is 0.119 e. The third kappa shape index (κ3) is 4.40. The van der Waals surface area contributed by atoms with Crippen LogP contribution in [-0.4, -0.2) is 41.6 Å². The molecule has 1 saturated heterocycles. The fourth-order valence-corrected chi connectivity index (χ4v) is 3.69. The maximum atomic E-state index is 5.81. The largest absolute Gasteiger partial charge is 0.494 e. The fourth-order valence-electron chi connectivity index (χ4n) is 2.53. The van der Waals surface area contributed by atoms with Gasteiger partial charge in [0.1, 0.15) is 5.75 Å². The first-order valence-corrected chi connectivity index (χ1v) is 8.53. The highest BCUT2D eigenvalue weighted by atomic mass is 32.2. The summed E-state index contributed by atoms with van der Waals surface area (Å²) in [6, 6.07) is 8.74. The fraction of sp³-hybridized carbons (Fsp3) is 0.625. The van der Waals surface area contributed by atoms with E-state index in [1.807, 2.05) is 24.3 Å². The van der Waals surface area contributed by atoms with Gasteiger partial charge in [-0.05, 0) is 31.0 Å². The molecule has 4 heteroatoms. The first kappa shape index (κ1) is 15.7. The van der Waals surface area contributed by atoms with Crippen molar-refractivity contribution in [3.63, 3.8) is 0 Å². The Morgan fingerprint density at radius 3 is 3.05 bits per heavy atom. The Labute approximate surface area is 126 Å². The lowest BCUT2D eigenvalue weighted by atomic mass is 10.2. The number of thioether (sulfide) groups is 1. The Morgan fingerprint density at radius 2 is 2.25 bits per heavy atom. The summed E-state index contributed by atoms with van der Waals surface area (Å²) < 4.78 is 5.81. The van der Waals surface area contributed by atoms with Gasteiger partial charge < -0.3 is 10.5 Å². The van der Waals surface area contributed by atoms with Gasteiger partial charge in [-0.15, -0.1) is 0 Å². The lowest BCUT2D eigenvalue weighted by molar-refractivity contribution is 0.191. The van der Waals surface area contributed by atoms with Gasteiger partial charge in [-0.2, -0.15) is 11.8 Å². The Hall–Kier alpha value is -0.710. The Kier molecular flexibility index (Phi) is 6.20. The molecule has 2 unspecified atom stereocenters. The number of ether oxygens (including phenoxy) is 1. The van der Waals surface area contributed by atoms with Crippen LogP contribution >= 0.6 is 11.8 Å². The van der Waals surface area contributed by atoms with E-state index in [9.17, 15) is 0 Å². The topological polar surface area (TPSA) is 38.5 Å². The van der Waals surface area contributed by atoms with Crippen molar-refractivity contribution < 1.29 is 4.74 Å². The quantitative estimate of drug-likeness (QED) is 0.819. The second kappa shape index (κ2) is 7.91. The SMILES string of the molecule is CC1SCCN(CCCOc2cccc(CN)c2)C1C. The molecule has 0 aromatic heterocycles. The van der Waals surface area contributed by atoms with Gasteiger partial charge in [-0.3, -0.25) is 4.90 Å². The summed E-state index contributed by atoms with van der Waals surface area (Å²) in [5.74, 6) is 2.19. The van der Waals surface area contributed by atoms with Gasteiger partial charge >= 0.3 is 0 Å². The van der Waals surface area contributed by atoms with E-state index in [0.29, 0.717) is 12.6 Å². The molecule has 0 radical (unpaired) electrons. The van der Waals surface area contributed by atoms with Gasteiger partial charge in [-0.1, -0.05) is 19.1 Å². The molecule has 0 aliphatic carbocycles. The molecular formula is C16H26N2OS. The molecule has 20 heavy (non-hydrogen) atoms. The Balaban J connectivity index is 1.70. The first-order valence-electron chi connectivity index (χ1n) is 7.48. The van der Waals surface area contributed by atoms with Gasteiger partial charge in [0.2, 0.25) is 0 Å². The van der Waals surface area contributed by atoms with Gasteiger partial charge in [-0.25, -0.2) is 0 Å². The highest BCUT2D eigenvalue weighted by Gasteiger charge is 2.24. The Bertz CT molecular complexity index is 413. The number of hydrogen-bond donors (Lipinski definition) is 1. The molecule has 0 spiro atoms. The molecule has 2 N–H and O–H groups in total. The van der Waals surface area contributed by atoms with E-state index in [-0.39, 0.29) is 0 Å². The maximum Gasteiger partial charge on any atom is 0.119 e. The van der Waals surface area contributed by atoms with Crippen LogP contribution in [0.3, 0.4) is 0 Å². The highest BCUT2D eigenvalue weighted by Crippen LogP contribution is 2.24. The summed E-state index contributed by atoms with van der Waals surface area (Å²) >= 11 is 2.09. The summed E-state index contributed by atoms with van der Waals surface area (Å²) in [7, 11) is 0. The zero-order chi connectivity index (χ0) is 14.4. The number of rotatable bonds is 6. The summed E-state index contributed by atoms with van der Waals surface area (Å²) in [6.45, 7) is 8.34. The average Bonchev–Trinajstić information content (AvgIpc) is 2.48. The van der Waals surface area contributed by atoms with E-state index in [1.165, 1.54) is 12.3 Å². The van der Waals surface area contributed by atoms with Gasteiger partial charge in [0.15, 0.2) is 0 Å². The van der Waals surface area contributed by atoms with E-state index in [4.69, 9.17) is 10.5 Å². The van der Waals surface area contributed by atoms with Crippen LogP contribution in [-0.2, 0) is 6.54 Å². The number of nitrogens with two attached hydrogens (primary N) is 1. The third-order valence-corrected chi connectivity index (χ3v) is 5.35. The van der Waals surface area contributed by atoms with Crippen molar-refractivity contribution in [1.29, 1.82) is 0 Å². The highest BCUT2D eigenvalue weighted by molar-refractivity contribution is 8.00. The molecule has 2 rings (SSSR count). The van der Waals surface area contributed by atoms with Crippen molar-refractivity contribution >= 4 is 11.8 Å². The second-order valence-electron chi connectivity index (χ2n) is 5.41. The van der Waals surface area contributed by atoms with Crippen LogP contribution in [0.2, 0.25) is 0 Å². The average molecular weight is 294 g/mol. The van der Waals surface area contributed by atoms with Crippen molar-refractivity contribution in [3.8, 4) is 5.75 Å². The minimum atomic E-state index is 0.568. The number of benzene rings is 1. The van der Waals surface area contributed by atoms with E-state index >= 15 is 0 Å². The first-order chi connectivity index (χ1) is 9.70. The van der Waals surface area contributed by atoms with Crippen molar-refractivity contribution in [1.82, 2.24) is 4.90 Å². The lowest BCUT2D eigenvalue weighted by Gasteiger charge is -2.37. The zero-order valence-electron chi connectivity index (χ0n) is 12.5. The van der Waals surface area contributed by atoms with Gasteiger partial charge in [0, 0.05) is 36.7 Å². The molecule has 2 atom stereocenters. The summed E-state index contributed by atoms with van der Waals surface area (Å²) in [5.41, 5.74) is 6.76. The molecule has 1 aromatic rings. The van der Waals surface area contributed by atoms with Crippen LogP contribution in [0.4, 0.5) is 0 Å². The molecule has 0 bridgehead atoms. The predicted octanol–water partition coefficient (Wildman–Crippen LogP) is 2.74. The molecule has 1 aromatic carbocycles. The van der Waals surface area contributed by atoms with Crippen LogP contribution in [0.25, 0.3) is 0 Å². The van der Waals surface area contributed by atoms with E-state index < -0.39 is 0 Å². The van der Waals surface area contributed by atoms with Gasteiger partial charge in [0.25, 0.3) is 0 Å². The van der Waals surface area contributed by atoms with Crippen LogP contribution in [0.15, 0.2) is 24.3 Å². The second-order valence-corrected chi connectivity index (χ2v) is 6.89. The lowest BCUT2D eigenvalue weighted by Crippen LogP contribution is -2.45. The molecule has 3 nitrogen and oxygen atoms in total. The van der Waals surface area contributed by atoms with Crippen molar-refractivity contribution in [3.05, 3.63) is 29.8 Å². The predicted molar refractivity (Wildman–Crippen MR) is 87.4 cm³/mol. The Morgan fingerprint density at radius 1 is 1.40 bits per heavy atom. The van der Waals surface area contributed by atoms with Crippen LogP contribution in [0.5, 0.6) is 5.75 Å². The van der Waals surface area contributed by atoms with Gasteiger partial charge in [0.05, 0.1) is 6.61 Å². The van der Waals surface area contributed by atoms with E-state index in [0.717, 1.165) is 36.1 Å². The summed E-state index contributed by atoms with van der Waals surface area (Å²) in [4.78, 5) is 2.58. The van der Waals surface area contributed by atoms with Crippen LogP contribution in [0, 0.1) is 0 Å². The molecule has 1 heterocycles. The molecule has 0 saturated carbocycles. The van der Waals surface area contributed by atoms with Crippen LogP contribution in [0.1, 0.15) is 25.8 Å². The number of nitrogens with zero attached hydrogens (tertiary/aromatic N) is 1. The summed E-state index contributed by atoms with van der Waals surface area (Å²) in [5, 5.41) is 0.742. The standard InChI is InChI=1S/C16H26N2OS/c1-13-14(2)20-10-8-18(13)7-4-9-19-16-6-3-5-15(11-16)12-17/h3,5-6,11,13-14H,4,7-10,12,17H2,1-2H3. The molecule has 112 valence electrons. The minimum absolute atomic E-state index is 0.568. The number of hydrogen-bond acceptors (Lipinski definition) is 4. The van der Waals surface area contributed by atoms with Crippen LogP contribution < -0.4 is 10.5 Å². The molecule has 1 fully saturated rings. The normalized spacial score (nSPS) is 23.8. The van der Waals surface area contributed by atoms with E-state index in [2.05, 4.69) is 30.5 Å². The molecule has 1 aliphatic heterocycles. The van der Waals surface area contributed by atoms with Crippen molar-refractivity contribution in [2.75, 3.05) is 25.4 Å². The monoisotopic (exact) mass is 294 g/mol. The van der Waals surface area contributed by atoms with Crippen molar-refractivity contribution in [2.24, 2.45) is 5.73 Å². The van der Waals surface area contributed by atoms with Crippen molar-refractivity contribution in [2.45, 2.75) is 38.1 Å².